The second-order valence-corrected chi connectivity index (χ2v) is 8.82. The van der Waals surface area contributed by atoms with Gasteiger partial charge < -0.3 is 15.3 Å². The summed E-state index contributed by atoms with van der Waals surface area (Å²) in [6, 6.07) is 6.81. The molecule has 1 unspecified atom stereocenters. The van der Waals surface area contributed by atoms with Gasteiger partial charge in [0.25, 0.3) is 11.8 Å². The van der Waals surface area contributed by atoms with Gasteiger partial charge in [-0.05, 0) is 56.4 Å². The fourth-order valence-corrected chi connectivity index (χ4v) is 4.53. The zero-order valence-electron chi connectivity index (χ0n) is 17.5. The summed E-state index contributed by atoms with van der Waals surface area (Å²) < 4.78 is 53.8. The van der Waals surface area contributed by atoms with Crippen molar-refractivity contribution in [1.29, 1.82) is 0 Å². The van der Waals surface area contributed by atoms with E-state index in [0.29, 0.717) is 11.6 Å². The molecule has 0 spiro atoms. The van der Waals surface area contributed by atoms with E-state index >= 15 is 0 Å². The molecule has 0 radical (unpaired) electrons. The Labute approximate surface area is 182 Å². The first-order chi connectivity index (χ1) is 14.9. The molecule has 0 aromatic heterocycles. The van der Waals surface area contributed by atoms with Crippen molar-refractivity contribution in [2.24, 2.45) is 5.92 Å². The average molecular weight is 450 g/mol. The molecule has 2 aliphatic rings. The number of halogens is 4. The zero-order chi connectivity index (χ0) is 23.4. The first-order valence-electron chi connectivity index (χ1n) is 10.2. The number of rotatable bonds is 5. The van der Waals surface area contributed by atoms with Gasteiger partial charge in [0.1, 0.15) is 11.4 Å². The van der Waals surface area contributed by atoms with Crippen molar-refractivity contribution in [2.45, 2.75) is 51.1 Å². The van der Waals surface area contributed by atoms with Crippen LogP contribution in [0.15, 0.2) is 36.4 Å². The number of alkyl halides is 3. The Kier molecular flexibility index (Phi) is 5.27. The maximum absolute atomic E-state index is 13.9. The summed E-state index contributed by atoms with van der Waals surface area (Å²) in [5, 5.41) is 13.0. The molecule has 0 saturated heterocycles. The van der Waals surface area contributed by atoms with Gasteiger partial charge in [-0.15, -0.1) is 0 Å². The predicted molar refractivity (Wildman–Crippen MR) is 108 cm³/mol. The van der Waals surface area contributed by atoms with Crippen LogP contribution in [0.2, 0.25) is 0 Å². The van der Waals surface area contributed by atoms with Crippen molar-refractivity contribution >= 4 is 17.5 Å². The normalized spacial score (nSPS) is 17.3. The molecular weight excluding hydrogens is 428 g/mol. The zero-order valence-corrected chi connectivity index (χ0v) is 17.5. The van der Waals surface area contributed by atoms with Gasteiger partial charge in [-0.1, -0.05) is 18.2 Å². The number of carbonyl (C=O) groups excluding carboxylic acids is 2. The summed E-state index contributed by atoms with van der Waals surface area (Å²) in [6.45, 7) is 3.49. The highest BCUT2D eigenvalue weighted by Crippen LogP contribution is 2.44. The average Bonchev–Trinajstić information content (AvgIpc) is 3.44. The molecule has 1 aliphatic heterocycles. The van der Waals surface area contributed by atoms with Crippen molar-refractivity contribution in [3.05, 3.63) is 64.5 Å². The van der Waals surface area contributed by atoms with Crippen LogP contribution in [0.1, 0.15) is 58.5 Å². The van der Waals surface area contributed by atoms with E-state index in [1.807, 2.05) is 0 Å². The number of nitrogens with one attached hydrogen (secondary N) is 1. The molecule has 5 nitrogen and oxygen atoms in total. The van der Waals surface area contributed by atoms with Crippen molar-refractivity contribution in [2.75, 3.05) is 5.32 Å². The lowest BCUT2D eigenvalue weighted by atomic mass is 9.93. The molecule has 1 heterocycles. The molecule has 9 heteroatoms. The molecule has 2 N–H and O–H groups in total. The van der Waals surface area contributed by atoms with Gasteiger partial charge in [0, 0.05) is 6.54 Å². The molecule has 1 atom stereocenters. The highest BCUT2D eigenvalue weighted by molar-refractivity contribution is 6.11. The molecule has 1 fully saturated rings. The first-order valence-corrected chi connectivity index (χ1v) is 10.2. The van der Waals surface area contributed by atoms with Gasteiger partial charge in [0.05, 0.1) is 28.5 Å². The third-order valence-corrected chi connectivity index (χ3v) is 5.88. The second-order valence-electron chi connectivity index (χ2n) is 8.82. The van der Waals surface area contributed by atoms with Crippen LogP contribution < -0.4 is 5.32 Å². The minimum Gasteiger partial charge on any atom is -0.388 e. The lowest BCUT2D eigenvalue weighted by Gasteiger charge is -2.37. The first kappa shape index (κ1) is 22.3. The van der Waals surface area contributed by atoms with Crippen molar-refractivity contribution < 1.29 is 32.3 Å². The molecule has 170 valence electrons. The van der Waals surface area contributed by atoms with Crippen LogP contribution in [-0.4, -0.2) is 33.5 Å². The molecular formula is C23H22F4N2O3. The lowest BCUT2D eigenvalue weighted by Crippen LogP contribution is -2.51. The molecule has 0 bridgehead atoms. The molecule has 4 rings (SSSR count). The van der Waals surface area contributed by atoms with E-state index in [2.05, 4.69) is 5.32 Å². The predicted octanol–water partition coefficient (Wildman–Crippen LogP) is 4.60. The van der Waals surface area contributed by atoms with Gasteiger partial charge in [0.15, 0.2) is 0 Å². The number of hydrogen-bond donors (Lipinski definition) is 2. The Hall–Kier alpha value is -2.94. The van der Waals surface area contributed by atoms with Crippen molar-refractivity contribution in [3.8, 4) is 0 Å². The number of benzene rings is 2. The van der Waals surface area contributed by atoms with E-state index in [4.69, 9.17) is 0 Å². The Bertz CT molecular complexity index is 1090. The summed E-state index contributed by atoms with van der Waals surface area (Å²) in [7, 11) is 0. The van der Waals surface area contributed by atoms with Gasteiger partial charge in [-0.3, -0.25) is 9.59 Å². The molecule has 2 aromatic rings. The van der Waals surface area contributed by atoms with E-state index in [-0.39, 0.29) is 23.7 Å². The van der Waals surface area contributed by atoms with Gasteiger partial charge in [-0.2, -0.15) is 13.2 Å². The standard InChI is InChI=1S/C23H22F4N2O3/c1-22(2,32)19(12-9-10-12)29-11-13-5-3-8-16(17(13)21(29)31)28-20(30)14-6-4-7-15(24)18(14)23(25,26)27/h3-8,12,19,32H,9-11H2,1-2H3,(H,28,30). The van der Waals surface area contributed by atoms with E-state index in [9.17, 15) is 32.3 Å². The third-order valence-electron chi connectivity index (χ3n) is 5.88. The summed E-state index contributed by atoms with van der Waals surface area (Å²) in [5.74, 6) is -2.97. The number of aliphatic hydroxyl groups is 1. The topological polar surface area (TPSA) is 69.6 Å². The minimum absolute atomic E-state index is 0.0441. The number of carbonyl (C=O) groups is 2. The van der Waals surface area contributed by atoms with Crippen LogP contribution in [0.3, 0.4) is 0 Å². The number of anilines is 1. The maximum Gasteiger partial charge on any atom is 0.420 e. The number of fused-ring (bicyclic) bond motifs is 1. The van der Waals surface area contributed by atoms with Gasteiger partial charge >= 0.3 is 6.18 Å². The molecule has 1 aliphatic carbocycles. The smallest absolute Gasteiger partial charge is 0.388 e. The minimum atomic E-state index is -5.06. The Morgan fingerprint density at radius 1 is 1.16 bits per heavy atom. The van der Waals surface area contributed by atoms with Gasteiger partial charge in [-0.25, -0.2) is 4.39 Å². The number of nitrogens with zero attached hydrogens (tertiary/aromatic N) is 1. The summed E-state index contributed by atoms with van der Waals surface area (Å²) in [4.78, 5) is 27.5. The SMILES string of the molecule is CC(C)(O)C(C1CC1)N1Cc2cccc(NC(=O)c3cccc(F)c3C(F)(F)F)c2C1=O. The summed E-state index contributed by atoms with van der Waals surface area (Å²) in [5.41, 5.74) is -2.87. The van der Waals surface area contributed by atoms with Crippen LogP contribution in [0.4, 0.5) is 23.2 Å². The summed E-state index contributed by atoms with van der Waals surface area (Å²) >= 11 is 0. The monoisotopic (exact) mass is 450 g/mol. The van der Waals surface area contributed by atoms with E-state index < -0.39 is 46.6 Å². The van der Waals surface area contributed by atoms with Crippen LogP contribution in [-0.2, 0) is 12.7 Å². The van der Waals surface area contributed by atoms with Crippen LogP contribution >= 0.6 is 0 Å². The van der Waals surface area contributed by atoms with Gasteiger partial charge in [0.2, 0.25) is 0 Å². The van der Waals surface area contributed by atoms with E-state index in [0.717, 1.165) is 25.0 Å². The molecule has 2 amide bonds. The Morgan fingerprint density at radius 3 is 2.41 bits per heavy atom. The highest BCUT2D eigenvalue weighted by atomic mass is 19.4. The fourth-order valence-electron chi connectivity index (χ4n) is 4.53. The Balaban J connectivity index is 1.67. The maximum atomic E-state index is 13.9. The molecule has 2 aromatic carbocycles. The quantitative estimate of drug-likeness (QED) is 0.654. The summed E-state index contributed by atoms with van der Waals surface area (Å²) in [6.07, 6.45) is -3.29. The van der Waals surface area contributed by atoms with Crippen molar-refractivity contribution in [1.82, 2.24) is 4.90 Å². The fraction of sp³-hybridized carbons (Fsp3) is 0.391. The largest absolute Gasteiger partial charge is 0.420 e. The molecule has 1 saturated carbocycles. The molecule has 32 heavy (non-hydrogen) atoms. The van der Waals surface area contributed by atoms with Crippen LogP contribution in [0.5, 0.6) is 0 Å². The number of amides is 2. The number of hydrogen-bond acceptors (Lipinski definition) is 3. The van der Waals surface area contributed by atoms with E-state index in [1.165, 1.54) is 6.07 Å². The third kappa shape index (κ3) is 3.97. The van der Waals surface area contributed by atoms with Crippen molar-refractivity contribution in [3.63, 3.8) is 0 Å². The highest BCUT2D eigenvalue weighted by Gasteiger charge is 2.48. The van der Waals surface area contributed by atoms with E-state index in [1.54, 1.807) is 30.9 Å². The Morgan fingerprint density at radius 2 is 1.81 bits per heavy atom. The van der Waals surface area contributed by atoms with Crippen LogP contribution in [0.25, 0.3) is 0 Å². The lowest BCUT2D eigenvalue weighted by molar-refractivity contribution is -0.140. The van der Waals surface area contributed by atoms with Crippen LogP contribution in [0, 0.1) is 11.7 Å². The second kappa shape index (κ2) is 7.58.